The Balaban J connectivity index is 3.84. The molecule has 1 atom stereocenters. The molecule has 0 aliphatic carbocycles. The number of alkyl halides is 3. The van der Waals surface area contributed by atoms with Crippen molar-refractivity contribution >= 4 is 0 Å². The highest BCUT2D eigenvalue weighted by atomic mass is 19.3. The minimum Gasteiger partial charge on any atom is -0.461 e. The fourth-order valence-electron chi connectivity index (χ4n) is 0.214. The first-order chi connectivity index (χ1) is 4.00. The van der Waals surface area contributed by atoms with E-state index in [9.17, 15) is 13.2 Å². The Kier molecular flexibility index (Phi) is 2.55. The van der Waals surface area contributed by atoms with Crippen LogP contribution in [0, 0.1) is 0 Å². The summed E-state index contributed by atoms with van der Waals surface area (Å²) in [6.45, 7) is 3.57. The summed E-state index contributed by atoms with van der Waals surface area (Å²) in [7, 11) is 0. The van der Waals surface area contributed by atoms with Crippen LogP contribution in [-0.4, -0.2) is 12.3 Å². The van der Waals surface area contributed by atoms with Crippen LogP contribution in [0.15, 0.2) is 12.8 Å². The third kappa shape index (κ3) is 2.39. The molecule has 0 aliphatic heterocycles. The lowest BCUT2D eigenvalue weighted by Crippen LogP contribution is -2.29. The van der Waals surface area contributed by atoms with Gasteiger partial charge in [0.2, 0.25) is 0 Å². The molecule has 0 radical (unpaired) electrons. The highest BCUT2D eigenvalue weighted by molar-refractivity contribution is 4.67. The van der Waals surface area contributed by atoms with Crippen LogP contribution in [0.1, 0.15) is 6.92 Å². The second-order valence-corrected chi connectivity index (χ2v) is 1.57. The topological polar surface area (TPSA) is 9.23 Å². The van der Waals surface area contributed by atoms with Gasteiger partial charge in [0, 0.05) is 6.92 Å². The Morgan fingerprint density at radius 2 is 2.11 bits per heavy atom. The molecule has 0 aromatic rings. The lowest BCUT2D eigenvalue weighted by Gasteiger charge is -2.17. The summed E-state index contributed by atoms with van der Waals surface area (Å²) in [6.07, 6.45) is -2.50. The highest BCUT2D eigenvalue weighted by Gasteiger charge is 2.35. The van der Waals surface area contributed by atoms with Gasteiger partial charge in [-0.1, -0.05) is 6.58 Å². The summed E-state index contributed by atoms with van der Waals surface area (Å²) < 4.78 is 38.9. The smallest absolute Gasteiger partial charge is 0.306 e. The number of rotatable bonds is 3. The van der Waals surface area contributed by atoms with Crippen LogP contribution >= 0.6 is 0 Å². The van der Waals surface area contributed by atoms with Crippen LogP contribution in [0.5, 0.6) is 0 Å². The van der Waals surface area contributed by atoms with Crippen molar-refractivity contribution in [1.82, 2.24) is 0 Å². The van der Waals surface area contributed by atoms with E-state index in [0.29, 0.717) is 13.2 Å². The maximum Gasteiger partial charge on any atom is 0.306 e. The molecule has 9 heavy (non-hydrogen) atoms. The van der Waals surface area contributed by atoms with E-state index in [1.165, 1.54) is 0 Å². The molecule has 0 saturated carbocycles. The van der Waals surface area contributed by atoms with E-state index < -0.39 is 12.3 Å². The van der Waals surface area contributed by atoms with Crippen molar-refractivity contribution in [1.29, 1.82) is 0 Å². The van der Waals surface area contributed by atoms with Gasteiger partial charge in [0.05, 0.1) is 6.26 Å². The fraction of sp³-hybridized carbons (Fsp3) is 0.600. The van der Waals surface area contributed by atoms with Crippen LogP contribution < -0.4 is 0 Å². The van der Waals surface area contributed by atoms with Crippen molar-refractivity contribution in [3.63, 3.8) is 0 Å². The third-order valence-electron chi connectivity index (χ3n) is 0.704. The van der Waals surface area contributed by atoms with Crippen molar-refractivity contribution in [3.05, 3.63) is 12.8 Å². The molecule has 0 N–H and O–H groups in total. The zero-order chi connectivity index (χ0) is 7.49. The quantitative estimate of drug-likeness (QED) is 0.545. The van der Waals surface area contributed by atoms with Crippen LogP contribution in [0.2, 0.25) is 0 Å². The maximum absolute atomic E-state index is 12.2. The molecule has 0 saturated heterocycles. The Morgan fingerprint density at radius 3 is 2.22 bits per heavy atom. The summed E-state index contributed by atoms with van der Waals surface area (Å²) >= 11 is 0. The normalized spacial score (nSPS) is 17.0. The zero-order valence-corrected chi connectivity index (χ0v) is 4.90. The Labute approximate surface area is 51.1 Å². The van der Waals surface area contributed by atoms with Crippen molar-refractivity contribution in [3.8, 4) is 0 Å². The van der Waals surface area contributed by atoms with Gasteiger partial charge < -0.3 is 4.74 Å². The van der Waals surface area contributed by atoms with Crippen molar-refractivity contribution in [2.24, 2.45) is 0 Å². The average molecular weight is 140 g/mol. The van der Waals surface area contributed by atoms with Crippen molar-refractivity contribution in [2.75, 3.05) is 0 Å². The van der Waals surface area contributed by atoms with Gasteiger partial charge in [-0.2, -0.15) is 4.39 Å². The van der Waals surface area contributed by atoms with Crippen LogP contribution in [0.4, 0.5) is 13.2 Å². The molecule has 0 aliphatic rings. The predicted molar refractivity (Wildman–Crippen MR) is 26.8 cm³/mol. The minimum atomic E-state index is -3.14. The molecule has 0 amide bonds. The number of hydrogen-bond acceptors (Lipinski definition) is 1. The molecule has 0 aromatic heterocycles. The zero-order valence-electron chi connectivity index (χ0n) is 4.90. The average Bonchev–Trinajstić information content (AvgIpc) is 1.65. The molecule has 0 fully saturated rings. The molecule has 0 aromatic carbocycles. The Morgan fingerprint density at radius 1 is 1.67 bits per heavy atom. The SMILES string of the molecule is C=COC(C)(F)C(F)F. The number of halogens is 3. The van der Waals surface area contributed by atoms with E-state index in [0.717, 1.165) is 0 Å². The van der Waals surface area contributed by atoms with E-state index >= 15 is 0 Å². The molecule has 1 unspecified atom stereocenters. The summed E-state index contributed by atoms with van der Waals surface area (Å²) in [5.74, 6) is -2.90. The van der Waals surface area contributed by atoms with Crippen molar-refractivity contribution in [2.45, 2.75) is 19.2 Å². The number of hydrogen-bond donors (Lipinski definition) is 0. The number of ether oxygens (including phenoxy) is 1. The predicted octanol–water partition coefficient (Wildman–Crippen LogP) is 2.10. The second kappa shape index (κ2) is 2.75. The molecular formula is C5H7F3O. The monoisotopic (exact) mass is 140 g/mol. The molecule has 1 nitrogen and oxygen atoms in total. The first-order valence-corrected chi connectivity index (χ1v) is 2.26. The van der Waals surface area contributed by atoms with Gasteiger partial charge in [-0.25, -0.2) is 8.78 Å². The van der Waals surface area contributed by atoms with Gasteiger partial charge in [0.15, 0.2) is 0 Å². The van der Waals surface area contributed by atoms with Crippen LogP contribution in [-0.2, 0) is 4.74 Å². The van der Waals surface area contributed by atoms with E-state index in [2.05, 4.69) is 11.3 Å². The van der Waals surface area contributed by atoms with E-state index in [4.69, 9.17) is 0 Å². The van der Waals surface area contributed by atoms with Gasteiger partial charge in [-0.3, -0.25) is 0 Å². The molecule has 0 heterocycles. The Bertz CT molecular complexity index is 100. The molecule has 0 rings (SSSR count). The van der Waals surface area contributed by atoms with Gasteiger partial charge in [-0.15, -0.1) is 0 Å². The van der Waals surface area contributed by atoms with Gasteiger partial charge in [0.1, 0.15) is 0 Å². The van der Waals surface area contributed by atoms with Crippen molar-refractivity contribution < 1.29 is 17.9 Å². The Hall–Kier alpha value is -0.670. The first kappa shape index (κ1) is 8.33. The first-order valence-electron chi connectivity index (χ1n) is 2.26. The summed E-state index contributed by atoms with van der Waals surface area (Å²) in [4.78, 5) is 0. The minimum absolute atomic E-state index is 0.638. The van der Waals surface area contributed by atoms with Gasteiger partial charge in [0.25, 0.3) is 0 Å². The van der Waals surface area contributed by atoms with Crippen LogP contribution in [0.3, 0.4) is 0 Å². The lowest BCUT2D eigenvalue weighted by atomic mass is 10.4. The third-order valence-corrected chi connectivity index (χ3v) is 0.704. The fourth-order valence-corrected chi connectivity index (χ4v) is 0.214. The summed E-state index contributed by atoms with van der Waals surface area (Å²) in [5.41, 5.74) is 0. The summed E-state index contributed by atoms with van der Waals surface area (Å²) in [5, 5.41) is 0. The molecule has 0 spiro atoms. The van der Waals surface area contributed by atoms with E-state index in [-0.39, 0.29) is 0 Å². The van der Waals surface area contributed by atoms with Gasteiger partial charge >= 0.3 is 12.3 Å². The molecular weight excluding hydrogens is 133 g/mol. The largest absolute Gasteiger partial charge is 0.461 e. The van der Waals surface area contributed by atoms with Crippen LogP contribution in [0.25, 0.3) is 0 Å². The standard InChI is InChI=1S/C5H7F3O/c1-3-9-5(2,8)4(6)7/h3-4H,1H2,2H3. The lowest BCUT2D eigenvalue weighted by molar-refractivity contribution is -0.177. The van der Waals surface area contributed by atoms with E-state index in [1.807, 2.05) is 0 Å². The molecule has 0 bridgehead atoms. The van der Waals surface area contributed by atoms with E-state index in [1.54, 1.807) is 0 Å². The summed E-state index contributed by atoms with van der Waals surface area (Å²) in [6, 6.07) is 0. The highest BCUT2D eigenvalue weighted by Crippen LogP contribution is 2.21. The molecule has 54 valence electrons. The van der Waals surface area contributed by atoms with Gasteiger partial charge in [-0.05, 0) is 0 Å². The maximum atomic E-state index is 12.2. The molecule has 4 heteroatoms. The second-order valence-electron chi connectivity index (χ2n) is 1.57.